The van der Waals surface area contributed by atoms with Crippen LogP contribution in [0, 0.1) is 12.8 Å². The first-order valence-electron chi connectivity index (χ1n) is 7.20. The zero-order valence-corrected chi connectivity index (χ0v) is 12.4. The molecule has 0 saturated carbocycles. The molecule has 1 unspecified atom stereocenters. The van der Waals surface area contributed by atoms with E-state index in [1.54, 1.807) is 18.6 Å². The summed E-state index contributed by atoms with van der Waals surface area (Å²) in [5.41, 5.74) is 3.54. The molecular weight excluding hydrogens is 272 g/mol. The number of ether oxygens (including phenoxy) is 1. The summed E-state index contributed by atoms with van der Waals surface area (Å²) in [4.78, 5) is 37.1. The maximum Gasteiger partial charge on any atom is 0.326 e. The number of hydrogen-bond acceptors (Lipinski definition) is 4. The van der Waals surface area contributed by atoms with E-state index in [0.29, 0.717) is 5.69 Å². The van der Waals surface area contributed by atoms with Crippen LogP contribution >= 0.6 is 0 Å². The molecule has 6 nitrogen and oxygen atoms in total. The first kappa shape index (κ1) is 13.9. The molecule has 0 aromatic carbocycles. The Kier molecular flexibility index (Phi) is 3.11. The van der Waals surface area contributed by atoms with Crippen molar-refractivity contribution in [1.29, 1.82) is 0 Å². The summed E-state index contributed by atoms with van der Waals surface area (Å²) in [6, 6.07) is 0. The molecule has 2 aliphatic rings. The number of hydrogen-bond donors (Lipinski definition) is 0. The fourth-order valence-corrected chi connectivity index (χ4v) is 3.42. The third-order valence-corrected chi connectivity index (χ3v) is 4.35. The summed E-state index contributed by atoms with van der Waals surface area (Å²) in [7, 11) is 1.59. The summed E-state index contributed by atoms with van der Waals surface area (Å²) in [5.74, 6) is -3.07. The van der Waals surface area contributed by atoms with Crippen molar-refractivity contribution in [3.8, 4) is 0 Å². The highest BCUT2D eigenvalue weighted by atomic mass is 16.5. The zero-order valence-electron chi connectivity index (χ0n) is 12.4. The van der Waals surface area contributed by atoms with Gasteiger partial charge >= 0.3 is 5.97 Å². The van der Waals surface area contributed by atoms with Crippen LogP contribution in [0.4, 0.5) is 0 Å². The maximum atomic E-state index is 12.7. The summed E-state index contributed by atoms with van der Waals surface area (Å²) in [6.45, 7) is 3.72. The molecule has 1 aliphatic heterocycles. The van der Waals surface area contributed by atoms with Gasteiger partial charge in [0.05, 0.1) is 6.61 Å². The van der Waals surface area contributed by atoms with Gasteiger partial charge in [-0.25, -0.2) is 0 Å². The summed E-state index contributed by atoms with van der Waals surface area (Å²) >= 11 is 0. The monoisotopic (exact) mass is 290 g/mol. The van der Waals surface area contributed by atoms with Crippen molar-refractivity contribution < 1.29 is 19.1 Å². The lowest BCUT2D eigenvalue weighted by molar-refractivity contribution is -0.149. The highest BCUT2D eigenvalue weighted by Crippen LogP contribution is 2.35. The molecule has 1 aliphatic carbocycles. The number of esters is 1. The summed E-state index contributed by atoms with van der Waals surface area (Å²) in [5, 5.41) is 1.37. The molecule has 0 fully saturated rings. The van der Waals surface area contributed by atoms with Crippen LogP contribution in [0.25, 0.3) is 0 Å². The van der Waals surface area contributed by atoms with Gasteiger partial charge in [0, 0.05) is 12.7 Å². The molecule has 0 N–H and O–H groups in total. The molecule has 0 radical (unpaired) electrons. The van der Waals surface area contributed by atoms with Crippen LogP contribution in [-0.4, -0.2) is 36.0 Å². The van der Waals surface area contributed by atoms with E-state index >= 15 is 0 Å². The van der Waals surface area contributed by atoms with Gasteiger partial charge < -0.3 is 4.74 Å². The second kappa shape index (κ2) is 4.72. The Labute approximate surface area is 122 Å². The smallest absolute Gasteiger partial charge is 0.326 e. The molecule has 1 aromatic rings. The molecule has 6 heteroatoms. The van der Waals surface area contributed by atoms with Crippen molar-refractivity contribution in [2.75, 3.05) is 18.7 Å². The van der Waals surface area contributed by atoms with Gasteiger partial charge in [-0.3, -0.25) is 24.1 Å². The number of nitrogens with zero attached hydrogens (tertiary/aromatic N) is 2. The molecular formula is C15H18N2O4. The third kappa shape index (κ3) is 1.74. The number of carbonyl (C=O) groups is 3. The molecule has 1 atom stereocenters. The van der Waals surface area contributed by atoms with Crippen molar-refractivity contribution in [3.05, 3.63) is 22.5 Å². The van der Waals surface area contributed by atoms with Gasteiger partial charge in [-0.05, 0) is 44.2 Å². The van der Waals surface area contributed by atoms with Crippen LogP contribution < -0.4 is 5.01 Å². The minimum Gasteiger partial charge on any atom is -0.465 e. The molecule has 0 saturated heterocycles. The Morgan fingerprint density at radius 1 is 1.29 bits per heavy atom. The van der Waals surface area contributed by atoms with E-state index in [1.807, 2.05) is 6.92 Å². The fourth-order valence-electron chi connectivity index (χ4n) is 3.42. The number of rotatable bonds is 2. The minimum atomic E-state index is -1.36. The summed E-state index contributed by atoms with van der Waals surface area (Å²) in [6.07, 6.45) is 2.75. The zero-order chi connectivity index (χ0) is 15.3. The quantitative estimate of drug-likeness (QED) is 0.595. The Morgan fingerprint density at radius 2 is 1.95 bits per heavy atom. The van der Waals surface area contributed by atoms with Gasteiger partial charge in [-0.15, -0.1) is 0 Å². The predicted octanol–water partition coefficient (Wildman–Crippen LogP) is 0.755. The van der Waals surface area contributed by atoms with E-state index in [-0.39, 0.29) is 6.61 Å². The van der Waals surface area contributed by atoms with Crippen LogP contribution in [0.3, 0.4) is 0 Å². The van der Waals surface area contributed by atoms with Crippen molar-refractivity contribution in [2.24, 2.45) is 5.92 Å². The van der Waals surface area contributed by atoms with Crippen LogP contribution in [0.15, 0.2) is 0 Å². The van der Waals surface area contributed by atoms with Crippen LogP contribution in [0.1, 0.15) is 40.7 Å². The SMILES string of the molecule is CCOC(=O)C1C(=O)c2c3c(c(C)n2N(C)C1=O)CCC3. The molecule has 21 heavy (non-hydrogen) atoms. The lowest BCUT2D eigenvalue weighted by atomic mass is 9.96. The first-order valence-corrected chi connectivity index (χ1v) is 7.20. The minimum absolute atomic E-state index is 0.151. The van der Waals surface area contributed by atoms with Crippen LogP contribution in [0.5, 0.6) is 0 Å². The molecule has 0 spiro atoms. The van der Waals surface area contributed by atoms with Crippen molar-refractivity contribution in [2.45, 2.75) is 33.1 Å². The fraction of sp³-hybridized carbons (Fsp3) is 0.533. The number of carbonyl (C=O) groups excluding carboxylic acids is 3. The van der Waals surface area contributed by atoms with Gasteiger partial charge in [0.15, 0.2) is 0 Å². The van der Waals surface area contributed by atoms with E-state index in [1.165, 1.54) is 5.01 Å². The number of Topliss-reactive ketones (excluding diaryl/α,β-unsaturated/α-hetero) is 1. The number of fused-ring (bicyclic) bond motifs is 3. The Balaban J connectivity index is 2.14. The molecule has 1 aromatic heterocycles. The van der Waals surface area contributed by atoms with Gasteiger partial charge in [0.2, 0.25) is 11.7 Å². The van der Waals surface area contributed by atoms with E-state index in [4.69, 9.17) is 4.74 Å². The average Bonchev–Trinajstić information content (AvgIpc) is 2.99. The number of amides is 1. The van der Waals surface area contributed by atoms with Crippen LogP contribution in [0.2, 0.25) is 0 Å². The van der Waals surface area contributed by atoms with Gasteiger partial charge in [0.25, 0.3) is 5.91 Å². The van der Waals surface area contributed by atoms with Crippen LogP contribution in [-0.2, 0) is 27.2 Å². The van der Waals surface area contributed by atoms with Gasteiger partial charge in [-0.2, -0.15) is 0 Å². The molecule has 1 amide bonds. The van der Waals surface area contributed by atoms with Crippen molar-refractivity contribution in [1.82, 2.24) is 4.68 Å². The highest BCUT2D eigenvalue weighted by molar-refractivity contribution is 6.26. The standard InChI is InChI=1S/C15H18N2O4/c1-4-21-15(20)11-13(18)12-10-7-5-6-9(10)8(2)17(12)16(3)14(11)19/h11H,4-7H2,1-3H3. The van der Waals surface area contributed by atoms with Gasteiger partial charge in [-0.1, -0.05) is 0 Å². The molecule has 3 rings (SSSR count). The third-order valence-electron chi connectivity index (χ3n) is 4.35. The summed E-state index contributed by atoms with van der Waals surface area (Å²) < 4.78 is 6.55. The Morgan fingerprint density at radius 3 is 2.62 bits per heavy atom. The largest absolute Gasteiger partial charge is 0.465 e. The molecule has 0 bridgehead atoms. The second-order valence-corrected chi connectivity index (χ2v) is 5.47. The molecule has 112 valence electrons. The van der Waals surface area contributed by atoms with E-state index in [0.717, 1.165) is 36.1 Å². The lowest BCUT2D eigenvalue weighted by Gasteiger charge is -2.31. The van der Waals surface area contributed by atoms with Crippen molar-refractivity contribution in [3.63, 3.8) is 0 Å². The van der Waals surface area contributed by atoms with Crippen molar-refractivity contribution >= 4 is 17.7 Å². The second-order valence-electron chi connectivity index (χ2n) is 5.47. The Hall–Kier alpha value is -2.11. The first-order chi connectivity index (χ1) is 9.99. The van der Waals surface area contributed by atoms with Gasteiger partial charge in [0.1, 0.15) is 5.69 Å². The average molecular weight is 290 g/mol. The van der Waals surface area contributed by atoms with E-state index < -0.39 is 23.6 Å². The van der Waals surface area contributed by atoms with E-state index in [2.05, 4.69) is 0 Å². The Bertz CT molecular complexity index is 659. The normalized spacial score (nSPS) is 20.5. The predicted molar refractivity (Wildman–Crippen MR) is 74.8 cm³/mol. The highest BCUT2D eigenvalue weighted by Gasteiger charge is 2.47. The topological polar surface area (TPSA) is 68.6 Å². The number of ketones is 1. The molecule has 2 heterocycles. The number of aromatic nitrogens is 1. The van der Waals surface area contributed by atoms with E-state index in [9.17, 15) is 14.4 Å². The maximum absolute atomic E-state index is 12.7. The lowest BCUT2D eigenvalue weighted by Crippen LogP contribution is -2.53.